The summed E-state index contributed by atoms with van der Waals surface area (Å²) in [6, 6.07) is 0.458. The SMILES string of the molecule is NC1CC(COP)C1. The zero-order chi connectivity index (χ0) is 5.98. The van der Waals surface area contributed by atoms with Gasteiger partial charge in [-0.2, -0.15) is 0 Å². The largest absolute Gasteiger partial charge is 0.365 e. The first-order valence-electron chi connectivity index (χ1n) is 2.90. The maximum absolute atomic E-state index is 5.54. The van der Waals surface area contributed by atoms with Crippen LogP contribution in [0.25, 0.3) is 0 Å². The number of hydrogen-bond donors (Lipinski definition) is 1. The van der Waals surface area contributed by atoms with Gasteiger partial charge in [0.25, 0.3) is 0 Å². The Morgan fingerprint density at radius 3 is 2.62 bits per heavy atom. The average molecular weight is 133 g/mol. The lowest BCUT2D eigenvalue weighted by atomic mass is 9.82. The summed E-state index contributed by atoms with van der Waals surface area (Å²) in [6.45, 7) is 0.859. The van der Waals surface area contributed by atoms with E-state index in [1.165, 1.54) is 0 Å². The third-order valence-corrected chi connectivity index (χ3v) is 1.80. The van der Waals surface area contributed by atoms with Crippen LogP contribution in [0.3, 0.4) is 0 Å². The topological polar surface area (TPSA) is 35.2 Å². The standard InChI is InChI=1S/C5H12NOP/c6-5-1-4(2-5)3-7-8/h4-5H,1-3,6,8H2. The molecule has 1 unspecified atom stereocenters. The van der Waals surface area contributed by atoms with Crippen LogP contribution in [0.2, 0.25) is 0 Å². The molecule has 1 fully saturated rings. The van der Waals surface area contributed by atoms with Crippen LogP contribution in [0.5, 0.6) is 0 Å². The summed E-state index contributed by atoms with van der Waals surface area (Å²) in [4.78, 5) is 0. The van der Waals surface area contributed by atoms with Crippen LogP contribution in [0.15, 0.2) is 0 Å². The third-order valence-electron chi connectivity index (χ3n) is 1.60. The summed E-state index contributed by atoms with van der Waals surface area (Å²) in [5, 5.41) is 0. The predicted molar refractivity (Wildman–Crippen MR) is 36.4 cm³/mol. The van der Waals surface area contributed by atoms with E-state index in [2.05, 4.69) is 9.47 Å². The van der Waals surface area contributed by atoms with Gasteiger partial charge in [-0.3, -0.25) is 0 Å². The Morgan fingerprint density at radius 2 is 2.25 bits per heavy atom. The van der Waals surface area contributed by atoms with Gasteiger partial charge in [0.2, 0.25) is 0 Å². The van der Waals surface area contributed by atoms with Crippen LogP contribution in [-0.4, -0.2) is 12.6 Å². The molecule has 1 atom stereocenters. The lowest BCUT2D eigenvalue weighted by Gasteiger charge is -2.31. The van der Waals surface area contributed by atoms with Crippen molar-refractivity contribution in [2.24, 2.45) is 11.7 Å². The van der Waals surface area contributed by atoms with E-state index in [0.29, 0.717) is 6.04 Å². The van der Waals surface area contributed by atoms with Crippen LogP contribution in [0.4, 0.5) is 0 Å². The molecule has 1 rings (SSSR count). The summed E-state index contributed by atoms with van der Waals surface area (Å²) in [7, 11) is 2.26. The molecule has 8 heavy (non-hydrogen) atoms. The fraction of sp³-hybridized carbons (Fsp3) is 1.00. The zero-order valence-electron chi connectivity index (χ0n) is 4.84. The molecule has 0 aromatic rings. The third kappa shape index (κ3) is 1.41. The number of rotatable bonds is 2. The highest BCUT2D eigenvalue weighted by molar-refractivity contribution is 7.09. The first-order valence-corrected chi connectivity index (χ1v) is 3.37. The van der Waals surface area contributed by atoms with Crippen molar-refractivity contribution >= 4 is 9.47 Å². The maximum Gasteiger partial charge on any atom is 0.0531 e. The normalized spacial score (nSPS) is 36.8. The predicted octanol–water partition coefficient (Wildman–Crippen LogP) is 0.530. The molecule has 0 aliphatic heterocycles. The quantitative estimate of drug-likeness (QED) is 0.557. The summed E-state index contributed by atoms with van der Waals surface area (Å²) in [5.41, 5.74) is 5.54. The zero-order valence-corrected chi connectivity index (χ0v) is 5.99. The van der Waals surface area contributed by atoms with E-state index in [0.717, 1.165) is 25.4 Å². The maximum atomic E-state index is 5.54. The second-order valence-corrected chi connectivity index (χ2v) is 2.76. The summed E-state index contributed by atoms with van der Waals surface area (Å²) < 4.78 is 4.86. The second-order valence-electron chi connectivity index (χ2n) is 2.43. The van der Waals surface area contributed by atoms with Crippen molar-refractivity contribution in [3.05, 3.63) is 0 Å². The fourth-order valence-corrected chi connectivity index (χ4v) is 1.33. The minimum absolute atomic E-state index is 0.458. The van der Waals surface area contributed by atoms with Crippen LogP contribution < -0.4 is 5.73 Å². The van der Waals surface area contributed by atoms with Crippen molar-refractivity contribution in [1.29, 1.82) is 0 Å². The van der Waals surface area contributed by atoms with Crippen molar-refractivity contribution in [3.8, 4) is 0 Å². The molecule has 0 saturated heterocycles. The molecule has 0 heterocycles. The van der Waals surface area contributed by atoms with Crippen molar-refractivity contribution in [3.63, 3.8) is 0 Å². The molecule has 0 amide bonds. The van der Waals surface area contributed by atoms with Gasteiger partial charge in [-0.05, 0) is 18.8 Å². The van der Waals surface area contributed by atoms with E-state index in [-0.39, 0.29) is 0 Å². The van der Waals surface area contributed by atoms with Gasteiger partial charge in [0.1, 0.15) is 0 Å². The molecule has 2 N–H and O–H groups in total. The first kappa shape index (κ1) is 6.47. The molecule has 3 heteroatoms. The summed E-state index contributed by atoms with van der Waals surface area (Å²) in [5.74, 6) is 0.738. The molecular weight excluding hydrogens is 121 g/mol. The van der Waals surface area contributed by atoms with Gasteiger partial charge in [0.05, 0.1) is 6.61 Å². The van der Waals surface area contributed by atoms with Gasteiger partial charge < -0.3 is 10.3 Å². The van der Waals surface area contributed by atoms with E-state index in [9.17, 15) is 0 Å². The Morgan fingerprint density at radius 1 is 1.62 bits per heavy atom. The smallest absolute Gasteiger partial charge is 0.0531 e. The Hall–Kier alpha value is 0.350. The van der Waals surface area contributed by atoms with Crippen molar-refractivity contribution < 1.29 is 4.52 Å². The average Bonchev–Trinajstić information content (AvgIpc) is 1.64. The molecule has 0 bridgehead atoms. The Labute approximate surface area is 52.1 Å². The van der Waals surface area contributed by atoms with Crippen molar-refractivity contribution in [2.75, 3.05) is 6.61 Å². The molecular formula is C5H12NOP. The highest BCUT2D eigenvalue weighted by atomic mass is 31.0. The van der Waals surface area contributed by atoms with Crippen molar-refractivity contribution in [2.45, 2.75) is 18.9 Å². The van der Waals surface area contributed by atoms with E-state index in [4.69, 9.17) is 10.3 Å². The summed E-state index contributed by atoms with van der Waals surface area (Å²) in [6.07, 6.45) is 2.29. The molecule has 1 aliphatic rings. The summed E-state index contributed by atoms with van der Waals surface area (Å²) >= 11 is 0. The molecule has 0 spiro atoms. The highest BCUT2D eigenvalue weighted by Gasteiger charge is 2.24. The molecule has 0 radical (unpaired) electrons. The second kappa shape index (κ2) is 2.77. The molecule has 48 valence electrons. The molecule has 0 aromatic heterocycles. The Bertz CT molecular complexity index is 70.1. The molecule has 0 aromatic carbocycles. The Kier molecular flexibility index (Phi) is 2.24. The highest BCUT2D eigenvalue weighted by Crippen LogP contribution is 2.25. The van der Waals surface area contributed by atoms with E-state index in [1.807, 2.05) is 0 Å². The fourth-order valence-electron chi connectivity index (χ4n) is 1.06. The van der Waals surface area contributed by atoms with Crippen molar-refractivity contribution in [1.82, 2.24) is 0 Å². The lowest BCUT2D eigenvalue weighted by Crippen LogP contribution is -2.37. The Balaban J connectivity index is 1.98. The first-order chi connectivity index (χ1) is 3.83. The van der Waals surface area contributed by atoms with Gasteiger partial charge in [-0.25, -0.2) is 0 Å². The van der Waals surface area contributed by atoms with E-state index in [1.54, 1.807) is 0 Å². The van der Waals surface area contributed by atoms with Gasteiger partial charge in [0.15, 0.2) is 0 Å². The minimum atomic E-state index is 0.458. The van der Waals surface area contributed by atoms with Gasteiger partial charge in [-0.15, -0.1) is 0 Å². The van der Waals surface area contributed by atoms with Crippen LogP contribution in [0.1, 0.15) is 12.8 Å². The lowest BCUT2D eigenvalue weighted by molar-refractivity contribution is 0.177. The number of nitrogens with two attached hydrogens (primary N) is 1. The van der Waals surface area contributed by atoms with Crippen LogP contribution in [-0.2, 0) is 4.52 Å². The minimum Gasteiger partial charge on any atom is -0.365 e. The molecule has 1 aliphatic carbocycles. The van der Waals surface area contributed by atoms with Crippen LogP contribution in [0, 0.1) is 5.92 Å². The van der Waals surface area contributed by atoms with Gasteiger partial charge in [-0.1, -0.05) is 0 Å². The van der Waals surface area contributed by atoms with Gasteiger partial charge in [0, 0.05) is 15.5 Å². The molecule has 1 saturated carbocycles. The van der Waals surface area contributed by atoms with E-state index >= 15 is 0 Å². The monoisotopic (exact) mass is 133 g/mol. The molecule has 2 nitrogen and oxygen atoms in total. The van der Waals surface area contributed by atoms with Crippen LogP contribution >= 0.6 is 9.47 Å². The van der Waals surface area contributed by atoms with E-state index < -0.39 is 0 Å². The number of hydrogen-bond acceptors (Lipinski definition) is 2. The van der Waals surface area contributed by atoms with Gasteiger partial charge >= 0.3 is 0 Å².